The van der Waals surface area contributed by atoms with Gasteiger partial charge >= 0.3 is 17.9 Å². The number of carbonyl (C=O) groups is 3. The summed E-state index contributed by atoms with van der Waals surface area (Å²) in [6, 6.07) is 0. The SMILES string of the molecule is CCCCCCCCCCCCCCCCCCC(=O)O[C@H](COC(=O)CCCCCCCCCCCCC)COC(=O)CCCCCCCCCCCCCCC(C)C. The van der Waals surface area contributed by atoms with Crippen molar-refractivity contribution in [2.75, 3.05) is 13.2 Å². The lowest BCUT2D eigenvalue weighted by atomic mass is 10.0. The van der Waals surface area contributed by atoms with E-state index in [-0.39, 0.29) is 31.1 Å². The summed E-state index contributed by atoms with van der Waals surface area (Å²) < 4.78 is 16.8. The molecular formula is C54H104O6. The molecule has 0 aliphatic carbocycles. The zero-order chi connectivity index (χ0) is 43.8. The first-order chi connectivity index (χ1) is 29.4. The molecule has 0 N–H and O–H groups in total. The first-order valence-corrected chi connectivity index (χ1v) is 26.9. The van der Waals surface area contributed by atoms with Crippen LogP contribution in [0, 0.1) is 5.92 Å². The van der Waals surface area contributed by atoms with Gasteiger partial charge in [-0.25, -0.2) is 0 Å². The van der Waals surface area contributed by atoms with Crippen molar-refractivity contribution in [2.24, 2.45) is 5.92 Å². The van der Waals surface area contributed by atoms with Gasteiger partial charge in [-0.1, -0.05) is 265 Å². The minimum atomic E-state index is -0.760. The molecule has 0 aliphatic heterocycles. The molecule has 0 saturated heterocycles. The zero-order valence-corrected chi connectivity index (χ0v) is 40.9. The fraction of sp³-hybridized carbons (Fsp3) is 0.944. The van der Waals surface area contributed by atoms with Gasteiger partial charge in [-0.05, 0) is 25.2 Å². The lowest BCUT2D eigenvalue weighted by Crippen LogP contribution is -2.30. The van der Waals surface area contributed by atoms with Crippen molar-refractivity contribution in [3.8, 4) is 0 Å². The minimum Gasteiger partial charge on any atom is -0.462 e. The van der Waals surface area contributed by atoms with E-state index in [1.54, 1.807) is 0 Å². The van der Waals surface area contributed by atoms with Gasteiger partial charge in [0.05, 0.1) is 0 Å². The molecule has 0 amide bonds. The quantitative estimate of drug-likeness (QED) is 0.0345. The fourth-order valence-corrected chi connectivity index (χ4v) is 8.22. The molecule has 0 saturated carbocycles. The molecule has 356 valence electrons. The molecule has 1 atom stereocenters. The lowest BCUT2D eigenvalue weighted by molar-refractivity contribution is -0.167. The largest absolute Gasteiger partial charge is 0.462 e. The highest BCUT2D eigenvalue weighted by Crippen LogP contribution is 2.17. The van der Waals surface area contributed by atoms with Gasteiger partial charge in [0.25, 0.3) is 0 Å². The van der Waals surface area contributed by atoms with Crippen molar-refractivity contribution in [3.05, 3.63) is 0 Å². The number of rotatable bonds is 49. The van der Waals surface area contributed by atoms with E-state index in [0.717, 1.165) is 63.7 Å². The summed E-state index contributed by atoms with van der Waals surface area (Å²) >= 11 is 0. The molecular weight excluding hydrogens is 745 g/mol. The molecule has 0 unspecified atom stereocenters. The maximum atomic E-state index is 12.8. The summed E-state index contributed by atoms with van der Waals surface area (Å²) in [4.78, 5) is 38.0. The molecule has 0 fully saturated rings. The summed E-state index contributed by atoms with van der Waals surface area (Å²) in [7, 11) is 0. The van der Waals surface area contributed by atoms with Gasteiger partial charge in [0.15, 0.2) is 6.10 Å². The number of unbranched alkanes of at least 4 members (excludes halogenated alkanes) is 36. The van der Waals surface area contributed by atoms with E-state index in [4.69, 9.17) is 14.2 Å². The van der Waals surface area contributed by atoms with Crippen LogP contribution in [0.4, 0.5) is 0 Å². The average Bonchev–Trinajstić information content (AvgIpc) is 3.23. The lowest BCUT2D eigenvalue weighted by Gasteiger charge is -2.18. The number of esters is 3. The number of hydrogen-bond acceptors (Lipinski definition) is 6. The maximum Gasteiger partial charge on any atom is 0.306 e. The minimum absolute atomic E-state index is 0.0625. The first-order valence-electron chi connectivity index (χ1n) is 26.9. The molecule has 0 aromatic carbocycles. The Morgan fingerprint density at radius 1 is 0.317 bits per heavy atom. The molecule has 0 radical (unpaired) electrons. The third-order valence-electron chi connectivity index (χ3n) is 12.3. The van der Waals surface area contributed by atoms with E-state index >= 15 is 0 Å². The number of hydrogen-bond donors (Lipinski definition) is 0. The Balaban J connectivity index is 4.29. The summed E-state index contributed by atoms with van der Waals surface area (Å²) in [5.74, 6) is -0.00781. The summed E-state index contributed by atoms with van der Waals surface area (Å²) in [5, 5.41) is 0. The van der Waals surface area contributed by atoms with E-state index in [1.165, 1.54) is 199 Å². The summed E-state index contributed by atoms with van der Waals surface area (Å²) in [5.41, 5.74) is 0. The van der Waals surface area contributed by atoms with Crippen molar-refractivity contribution in [2.45, 2.75) is 310 Å². The van der Waals surface area contributed by atoms with Gasteiger partial charge in [-0.2, -0.15) is 0 Å². The van der Waals surface area contributed by atoms with Gasteiger partial charge in [-0.15, -0.1) is 0 Å². The number of carbonyl (C=O) groups excluding carboxylic acids is 3. The Morgan fingerprint density at radius 3 is 0.817 bits per heavy atom. The molecule has 0 aromatic heterocycles. The van der Waals surface area contributed by atoms with Gasteiger partial charge in [0, 0.05) is 19.3 Å². The van der Waals surface area contributed by atoms with Crippen LogP contribution >= 0.6 is 0 Å². The van der Waals surface area contributed by atoms with E-state index in [2.05, 4.69) is 27.7 Å². The van der Waals surface area contributed by atoms with Gasteiger partial charge < -0.3 is 14.2 Å². The van der Waals surface area contributed by atoms with Crippen molar-refractivity contribution in [3.63, 3.8) is 0 Å². The van der Waals surface area contributed by atoms with Crippen LogP contribution in [0.3, 0.4) is 0 Å². The molecule has 0 heterocycles. The Morgan fingerprint density at radius 2 is 0.550 bits per heavy atom. The molecule has 0 aliphatic rings. The van der Waals surface area contributed by atoms with Crippen LogP contribution in [-0.2, 0) is 28.6 Å². The van der Waals surface area contributed by atoms with Crippen molar-refractivity contribution in [1.82, 2.24) is 0 Å². The van der Waals surface area contributed by atoms with Crippen molar-refractivity contribution >= 4 is 17.9 Å². The smallest absolute Gasteiger partial charge is 0.306 e. The van der Waals surface area contributed by atoms with E-state index in [9.17, 15) is 14.4 Å². The normalized spacial score (nSPS) is 11.9. The standard InChI is InChI=1S/C54H104O6/c1-5-7-9-11-13-15-17-18-19-20-21-27-31-35-39-43-47-54(57)60-51(48-58-52(55)45-41-37-33-29-24-16-14-12-10-8-6-2)49-59-53(56)46-42-38-34-30-26-23-22-25-28-32-36-40-44-50(3)4/h50-51H,5-49H2,1-4H3/t51-/m1/s1. The van der Waals surface area contributed by atoms with Crippen LogP contribution in [0.5, 0.6) is 0 Å². The molecule has 60 heavy (non-hydrogen) atoms. The van der Waals surface area contributed by atoms with E-state index < -0.39 is 6.10 Å². The molecule has 0 rings (SSSR count). The Bertz CT molecular complexity index is 903. The molecule has 0 bridgehead atoms. The van der Waals surface area contributed by atoms with Crippen LogP contribution in [0.25, 0.3) is 0 Å². The predicted molar refractivity (Wildman–Crippen MR) is 257 cm³/mol. The highest BCUT2D eigenvalue weighted by molar-refractivity contribution is 5.71. The third kappa shape index (κ3) is 47.5. The molecule has 0 spiro atoms. The summed E-state index contributed by atoms with van der Waals surface area (Å²) in [6.07, 6.45) is 50.8. The number of ether oxygens (including phenoxy) is 3. The second kappa shape index (κ2) is 48.4. The second-order valence-electron chi connectivity index (χ2n) is 19.0. The van der Waals surface area contributed by atoms with Gasteiger partial charge in [0.2, 0.25) is 0 Å². The molecule has 6 heteroatoms. The second-order valence-corrected chi connectivity index (χ2v) is 19.0. The van der Waals surface area contributed by atoms with Crippen LogP contribution < -0.4 is 0 Å². The van der Waals surface area contributed by atoms with Crippen molar-refractivity contribution < 1.29 is 28.6 Å². The van der Waals surface area contributed by atoms with E-state index in [0.29, 0.717) is 19.3 Å². The van der Waals surface area contributed by atoms with Crippen LogP contribution in [0.2, 0.25) is 0 Å². The van der Waals surface area contributed by atoms with Crippen LogP contribution in [0.1, 0.15) is 304 Å². The monoisotopic (exact) mass is 849 g/mol. The Hall–Kier alpha value is -1.59. The topological polar surface area (TPSA) is 78.9 Å². The average molecular weight is 849 g/mol. The first kappa shape index (κ1) is 58.4. The van der Waals surface area contributed by atoms with Gasteiger partial charge in [0.1, 0.15) is 13.2 Å². The zero-order valence-electron chi connectivity index (χ0n) is 40.9. The fourth-order valence-electron chi connectivity index (χ4n) is 8.22. The molecule has 6 nitrogen and oxygen atoms in total. The summed E-state index contributed by atoms with van der Waals surface area (Å²) in [6.45, 7) is 9.03. The van der Waals surface area contributed by atoms with Crippen LogP contribution in [0.15, 0.2) is 0 Å². The highest BCUT2D eigenvalue weighted by Gasteiger charge is 2.19. The Kier molecular flexibility index (Phi) is 47.2. The highest BCUT2D eigenvalue weighted by atomic mass is 16.6. The third-order valence-corrected chi connectivity index (χ3v) is 12.3. The van der Waals surface area contributed by atoms with Crippen molar-refractivity contribution in [1.29, 1.82) is 0 Å². The predicted octanol–water partition coefficient (Wildman–Crippen LogP) is 17.5. The maximum absolute atomic E-state index is 12.8. The Labute approximate surface area is 374 Å². The molecule has 0 aromatic rings. The van der Waals surface area contributed by atoms with Crippen LogP contribution in [-0.4, -0.2) is 37.2 Å². The van der Waals surface area contributed by atoms with E-state index in [1.807, 2.05) is 0 Å². The van der Waals surface area contributed by atoms with Gasteiger partial charge in [-0.3, -0.25) is 14.4 Å².